The van der Waals surface area contributed by atoms with E-state index in [1.54, 1.807) is 25.3 Å². The fraction of sp³-hybridized carbons (Fsp3) is 0.200. The van der Waals surface area contributed by atoms with Crippen LogP contribution in [-0.4, -0.2) is 17.3 Å². The lowest BCUT2D eigenvalue weighted by Gasteiger charge is -2.08. The summed E-state index contributed by atoms with van der Waals surface area (Å²) < 4.78 is 5.07. The molecule has 0 bridgehead atoms. The molecule has 3 nitrogen and oxygen atoms in total. The van der Waals surface area contributed by atoms with Gasteiger partial charge in [0.2, 0.25) is 0 Å². The fourth-order valence-corrected chi connectivity index (χ4v) is 1.87. The van der Waals surface area contributed by atoms with E-state index in [2.05, 4.69) is 0 Å². The molecule has 0 atom stereocenters. The van der Waals surface area contributed by atoms with Crippen molar-refractivity contribution in [2.24, 2.45) is 0 Å². The van der Waals surface area contributed by atoms with E-state index in [4.69, 9.17) is 4.74 Å². The SMILES string of the molecule is COCc1ccc(O)c(Cc2ccc(O)cc2)c1. The first kappa shape index (κ1) is 12.5. The molecular weight excluding hydrogens is 228 g/mol. The van der Waals surface area contributed by atoms with Crippen molar-refractivity contribution in [1.29, 1.82) is 0 Å². The van der Waals surface area contributed by atoms with Gasteiger partial charge < -0.3 is 14.9 Å². The molecule has 2 aromatic carbocycles. The van der Waals surface area contributed by atoms with Crippen LogP contribution in [0.3, 0.4) is 0 Å². The number of ether oxygens (including phenoxy) is 1. The fourth-order valence-electron chi connectivity index (χ4n) is 1.87. The van der Waals surface area contributed by atoms with Gasteiger partial charge in [-0.15, -0.1) is 0 Å². The van der Waals surface area contributed by atoms with Gasteiger partial charge in [0, 0.05) is 13.5 Å². The summed E-state index contributed by atoms with van der Waals surface area (Å²) in [5, 5.41) is 19.1. The molecule has 0 fully saturated rings. The van der Waals surface area contributed by atoms with Crippen molar-refractivity contribution in [3.8, 4) is 11.5 Å². The minimum atomic E-state index is 0.246. The molecule has 0 saturated heterocycles. The van der Waals surface area contributed by atoms with Gasteiger partial charge in [0.15, 0.2) is 0 Å². The van der Waals surface area contributed by atoms with Crippen LogP contribution in [0.25, 0.3) is 0 Å². The Morgan fingerprint density at radius 1 is 0.944 bits per heavy atom. The predicted octanol–water partition coefficient (Wildman–Crippen LogP) is 2.84. The Kier molecular flexibility index (Phi) is 3.85. The van der Waals surface area contributed by atoms with Crippen LogP contribution in [-0.2, 0) is 17.8 Å². The molecule has 0 saturated carbocycles. The summed E-state index contributed by atoms with van der Waals surface area (Å²) in [7, 11) is 1.65. The number of hydrogen-bond donors (Lipinski definition) is 2. The number of hydrogen-bond acceptors (Lipinski definition) is 3. The highest BCUT2D eigenvalue weighted by atomic mass is 16.5. The van der Waals surface area contributed by atoms with E-state index in [1.165, 1.54) is 0 Å². The van der Waals surface area contributed by atoms with Gasteiger partial charge in [0.1, 0.15) is 11.5 Å². The van der Waals surface area contributed by atoms with E-state index >= 15 is 0 Å². The van der Waals surface area contributed by atoms with E-state index < -0.39 is 0 Å². The molecule has 0 radical (unpaired) electrons. The van der Waals surface area contributed by atoms with E-state index in [0.29, 0.717) is 13.0 Å². The van der Waals surface area contributed by atoms with Gasteiger partial charge in [-0.25, -0.2) is 0 Å². The highest BCUT2D eigenvalue weighted by Crippen LogP contribution is 2.23. The molecule has 2 N–H and O–H groups in total. The second-order valence-corrected chi connectivity index (χ2v) is 4.24. The molecule has 0 heterocycles. The zero-order valence-electron chi connectivity index (χ0n) is 10.3. The van der Waals surface area contributed by atoms with Gasteiger partial charge >= 0.3 is 0 Å². The summed E-state index contributed by atoms with van der Waals surface area (Å²) in [4.78, 5) is 0. The van der Waals surface area contributed by atoms with Crippen LogP contribution in [0.4, 0.5) is 0 Å². The molecule has 0 aliphatic carbocycles. The number of benzene rings is 2. The maximum atomic E-state index is 9.83. The van der Waals surface area contributed by atoms with Crippen LogP contribution < -0.4 is 0 Å². The maximum absolute atomic E-state index is 9.83. The lowest BCUT2D eigenvalue weighted by atomic mass is 10.0. The largest absolute Gasteiger partial charge is 0.508 e. The van der Waals surface area contributed by atoms with Crippen LogP contribution in [0.5, 0.6) is 11.5 Å². The van der Waals surface area contributed by atoms with Crippen LogP contribution in [0.15, 0.2) is 42.5 Å². The Balaban J connectivity index is 2.22. The van der Waals surface area contributed by atoms with Crippen molar-refractivity contribution in [1.82, 2.24) is 0 Å². The van der Waals surface area contributed by atoms with Gasteiger partial charge in [-0.1, -0.05) is 18.2 Å². The Morgan fingerprint density at radius 3 is 2.28 bits per heavy atom. The highest BCUT2D eigenvalue weighted by molar-refractivity contribution is 5.40. The summed E-state index contributed by atoms with van der Waals surface area (Å²) in [6, 6.07) is 12.4. The highest BCUT2D eigenvalue weighted by Gasteiger charge is 2.04. The smallest absolute Gasteiger partial charge is 0.119 e. The van der Waals surface area contributed by atoms with E-state index in [9.17, 15) is 10.2 Å². The van der Waals surface area contributed by atoms with Crippen molar-refractivity contribution in [2.45, 2.75) is 13.0 Å². The molecule has 2 aromatic rings. The zero-order chi connectivity index (χ0) is 13.0. The quantitative estimate of drug-likeness (QED) is 0.869. The number of phenolic OH excluding ortho intramolecular Hbond substituents is 2. The summed E-state index contributed by atoms with van der Waals surface area (Å²) in [6.07, 6.45) is 0.629. The average molecular weight is 244 g/mol. The normalized spacial score (nSPS) is 10.5. The standard InChI is InChI=1S/C15H16O3/c1-18-10-12-4-7-15(17)13(9-12)8-11-2-5-14(16)6-3-11/h2-7,9,16-17H,8,10H2,1H3. The van der Waals surface area contributed by atoms with Crippen LogP contribution in [0.2, 0.25) is 0 Å². The molecule has 0 aliphatic rings. The third-order valence-electron chi connectivity index (χ3n) is 2.79. The Hall–Kier alpha value is -2.00. The molecule has 3 heteroatoms. The molecule has 2 rings (SSSR count). The van der Waals surface area contributed by atoms with Crippen LogP contribution in [0.1, 0.15) is 16.7 Å². The molecule has 0 unspecified atom stereocenters. The van der Waals surface area contributed by atoms with Gasteiger partial charge in [-0.3, -0.25) is 0 Å². The van der Waals surface area contributed by atoms with E-state index in [0.717, 1.165) is 16.7 Å². The topological polar surface area (TPSA) is 49.7 Å². The van der Waals surface area contributed by atoms with Crippen LogP contribution in [0, 0.1) is 0 Å². The molecule has 94 valence electrons. The van der Waals surface area contributed by atoms with E-state index in [-0.39, 0.29) is 11.5 Å². The van der Waals surface area contributed by atoms with Crippen molar-refractivity contribution < 1.29 is 14.9 Å². The lowest BCUT2D eigenvalue weighted by molar-refractivity contribution is 0.185. The molecular formula is C15H16O3. The molecule has 0 amide bonds. The Labute approximate surface area is 106 Å². The Morgan fingerprint density at radius 2 is 1.61 bits per heavy atom. The minimum absolute atomic E-state index is 0.246. The predicted molar refractivity (Wildman–Crippen MR) is 69.7 cm³/mol. The van der Waals surface area contributed by atoms with Crippen molar-refractivity contribution in [3.05, 3.63) is 59.2 Å². The van der Waals surface area contributed by atoms with Gasteiger partial charge in [-0.2, -0.15) is 0 Å². The minimum Gasteiger partial charge on any atom is -0.508 e. The first-order valence-electron chi connectivity index (χ1n) is 5.76. The number of aromatic hydroxyl groups is 2. The first-order valence-corrected chi connectivity index (χ1v) is 5.76. The number of rotatable bonds is 4. The lowest BCUT2D eigenvalue weighted by Crippen LogP contribution is -1.93. The average Bonchev–Trinajstić information content (AvgIpc) is 2.36. The summed E-state index contributed by atoms with van der Waals surface area (Å²) >= 11 is 0. The van der Waals surface area contributed by atoms with Crippen molar-refractivity contribution in [2.75, 3.05) is 7.11 Å². The van der Waals surface area contributed by atoms with Crippen molar-refractivity contribution in [3.63, 3.8) is 0 Å². The monoisotopic (exact) mass is 244 g/mol. The third-order valence-corrected chi connectivity index (χ3v) is 2.79. The van der Waals surface area contributed by atoms with Gasteiger partial charge in [-0.05, 0) is 41.0 Å². The van der Waals surface area contributed by atoms with Crippen LogP contribution >= 0.6 is 0 Å². The van der Waals surface area contributed by atoms with E-state index in [1.807, 2.05) is 24.3 Å². The molecule has 18 heavy (non-hydrogen) atoms. The second-order valence-electron chi connectivity index (χ2n) is 4.24. The number of phenols is 2. The summed E-state index contributed by atoms with van der Waals surface area (Å²) in [5.74, 6) is 0.527. The summed E-state index contributed by atoms with van der Waals surface area (Å²) in [6.45, 7) is 0.531. The maximum Gasteiger partial charge on any atom is 0.119 e. The van der Waals surface area contributed by atoms with Crippen molar-refractivity contribution >= 4 is 0 Å². The molecule has 0 aliphatic heterocycles. The first-order chi connectivity index (χ1) is 8.69. The molecule has 0 spiro atoms. The summed E-state index contributed by atoms with van der Waals surface area (Å²) in [5.41, 5.74) is 2.93. The number of methoxy groups -OCH3 is 1. The van der Waals surface area contributed by atoms with Gasteiger partial charge in [0.25, 0.3) is 0 Å². The zero-order valence-corrected chi connectivity index (χ0v) is 10.3. The third kappa shape index (κ3) is 3.02. The molecule has 0 aromatic heterocycles. The second kappa shape index (κ2) is 5.56. The Bertz CT molecular complexity index is 518. The van der Waals surface area contributed by atoms with Gasteiger partial charge in [0.05, 0.1) is 6.61 Å².